The highest BCUT2D eigenvalue weighted by atomic mass is 16.5. The van der Waals surface area contributed by atoms with Crippen molar-refractivity contribution in [3.05, 3.63) is 35.9 Å². The normalized spacial score (nSPS) is 16.8. The Morgan fingerprint density at radius 1 is 1.08 bits per heavy atom. The summed E-state index contributed by atoms with van der Waals surface area (Å²) in [4.78, 5) is 24.7. The fraction of sp³-hybridized carbons (Fsp3) is 0.600. The summed E-state index contributed by atoms with van der Waals surface area (Å²) in [6.07, 6.45) is 6.28. The van der Waals surface area contributed by atoms with Gasteiger partial charge in [0.1, 0.15) is 12.6 Å². The van der Waals surface area contributed by atoms with Crippen LogP contribution in [0.15, 0.2) is 30.3 Å². The lowest BCUT2D eigenvalue weighted by Crippen LogP contribution is -2.52. The van der Waals surface area contributed by atoms with Crippen LogP contribution < -0.4 is 10.6 Å². The first-order valence-electron chi connectivity index (χ1n) is 9.34. The molecule has 0 aliphatic heterocycles. The van der Waals surface area contributed by atoms with E-state index in [4.69, 9.17) is 4.74 Å². The van der Waals surface area contributed by atoms with Crippen molar-refractivity contribution >= 4 is 12.0 Å². The summed E-state index contributed by atoms with van der Waals surface area (Å²) in [5, 5.41) is 5.83. The first-order chi connectivity index (χ1) is 12.1. The Kier molecular flexibility index (Phi) is 7.76. The van der Waals surface area contributed by atoms with Gasteiger partial charge in [0.15, 0.2) is 0 Å². The smallest absolute Gasteiger partial charge is 0.408 e. The molecule has 1 saturated carbocycles. The lowest BCUT2D eigenvalue weighted by molar-refractivity contribution is -0.124. The van der Waals surface area contributed by atoms with E-state index in [1.54, 1.807) is 0 Å². The zero-order chi connectivity index (χ0) is 18.1. The predicted molar refractivity (Wildman–Crippen MR) is 98.0 cm³/mol. The van der Waals surface area contributed by atoms with Crippen LogP contribution in [0, 0.1) is 5.92 Å². The molecule has 0 aromatic heterocycles. The maximum absolute atomic E-state index is 12.6. The number of nitrogens with one attached hydrogen (secondary N) is 2. The molecule has 0 saturated heterocycles. The maximum Gasteiger partial charge on any atom is 0.408 e. The van der Waals surface area contributed by atoms with Gasteiger partial charge in [-0.05, 0) is 24.3 Å². The quantitative estimate of drug-likeness (QED) is 0.770. The molecule has 0 heterocycles. The molecule has 1 aliphatic rings. The number of benzene rings is 1. The zero-order valence-corrected chi connectivity index (χ0v) is 15.3. The van der Waals surface area contributed by atoms with E-state index in [2.05, 4.69) is 10.6 Å². The molecule has 0 spiro atoms. The summed E-state index contributed by atoms with van der Waals surface area (Å²) in [6, 6.07) is 9.14. The van der Waals surface area contributed by atoms with E-state index >= 15 is 0 Å². The molecule has 1 atom stereocenters. The molecule has 1 fully saturated rings. The number of carbonyl (C=O) groups excluding carboxylic acids is 2. The molecule has 2 N–H and O–H groups in total. The Bertz CT molecular complexity index is 537. The highest BCUT2D eigenvalue weighted by Gasteiger charge is 2.27. The number of rotatable bonds is 6. The minimum Gasteiger partial charge on any atom is -0.445 e. The number of ether oxygens (including phenoxy) is 1. The van der Waals surface area contributed by atoms with Crippen LogP contribution in [0.2, 0.25) is 0 Å². The van der Waals surface area contributed by atoms with E-state index in [1.165, 1.54) is 12.8 Å². The second kappa shape index (κ2) is 10.1. The minimum atomic E-state index is -0.577. The molecule has 0 unspecified atom stereocenters. The van der Waals surface area contributed by atoms with Crippen LogP contribution in [0.5, 0.6) is 0 Å². The summed E-state index contributed by atoms with van der Waals surface area (Å²) >= 11 is 0. The van der Waals surface area contributed by atoms with Crippen molar-refractivity contribution in [1.82, 2.24) is 10.6 Å². The number of hydrogen-bond donors (Lipinski definition) is 2. The Morgan fingerprint density at radius 3 is 2.32 bits per heavy atom. The van der Waals surface area contributed by atoms with E-state index in [0.717, 1.165) is 31.2 Å². The van der Waals surface area contributed by atoms with Crippen LogP contribution in [0.4, 0.5) is 4.79 Å². The van der Waals surface area contributed by atoms with Crippen molar-refractivity contribution in [3.8, 4) is 0 Å². The number of alkyl carbamates (subject to hydrolysis) is 1. The summed E-state index contributed by atoms with van der Waals surface area (Å²) < 4.78 is 5.24. The van der Waals surface area contributed by atoms with Crippen LogP contribution in [-0.4, -0.2) is 24.1 Å². The number of carbonyl (C=O) groups is 2. The highest BCUT2D eigenvalue weighted by molar-refractivity contribution is 5.86. The fourth-order valence-corrected chi connectivity index (χ4v) is 3.14. The molecule has 0 radical (unpaired) electrons. The van der Waals surface area contributed by atoms with Gasteiger partial charge in [0.2, 0.25) is 5.91 Å². The van der Waals surface area contributed by atoms with Crippen molar-refractivity contribution in [2.24, 2.45) is 5.92 Å². The second-order valence-corrected chi connectivity index (χ2v) is 7.12. The lowest BCUT2D eigenvalue weighted by Gasteiger charge is -2.24. The van der Waals surface area contributed by atoms with Crippen molar-refractivity contribution in [2.75, 3.05) is 0 Å². The van der Waals surface area contributed by atoms with Gasteiger partial charge in [0.05, 0.1) is 0 Å². The lowest BCUT2D eigenvalue weighted by atomic mass is 10.0. The van der Waals surface area contributed by atoms with Crippen molar-refractivity contribution in [2.45, 2.75) is 71.1 Å². The van der Waals surface area contributed by atoms with E-state index in [-0.39, 0.29) is 24.5 Å². The second-order valence-electron chi connectivity index (χ2n) is 7.12. The first-order valence-corrected chi connectivity index (χ1v) is 9.34. The molecule has 25 heavy (non-hydrogen) atoms. The molecule has 1 aliphatic carbocycles. The Labute approximate surface area is 150 Å². The fourth-order valence-electron chi connectivity index (χ4n) is 3.14. The molecule has 138 valence electrons. The van der Waals surface area contributed by atoms with Crippen LogP contribution >= 0.6 is 0 Å². The average Bonchev–Trinajstić information content (AvgIpc) is 2.87. The van der Waals surface area contributed by atoms with Gasteiger partial charge in [-0.3, -0.25) is 4.79 Å². The van der Waals surface area contributed by atoms with Crippen LogP contribution in [0.1, 0.15) is 57.9 Å². The number of hydrogen-bond acceptors (Lipinski definition) is 3. The summed E-state index contributed by atoms with van der Waals surface area (Å²) in [5.74, 6) is -0.117. The monoisotopic (exact) mass is 346 g/mol. The molecule has 2 rings (SSSR count). The van der Waals surface area contributed by atoms with Gasteiger partial charge in [0.25, 0.3) is 0 Å². The molecule has 1 aromatic carbocycles. The summed E-state index contributed by atoms with van der Waals surface area (Å²) in [5.41, 5.74) is 0.918. The number of amides is 2. The molecule has 0 bridgehead atoms. The van der Waals surface area contributed by atoms with Gasteiger partial charge in [-0.2, -0.15) is 0 Å². The molecular formula is C20H30N2O3. The van der Waals surface area contributed by atoms with Crippen molar-refractivity contribution < 1.29 is 14.3 Å². The zero-order valence-electron chi connectivity index (χ0n) is 15.3. The van der Waals surface area contributed by atoms with Gasteiger partial charge in [-0.15, -0.1) is 0 Å². The third-order valence-corrected chi connectivity index (χ3v) is 4.64. The topological polar surface area (TPSA) is 67.4 Å². The summed E-state index contributed by atoms with van der Waals surface area (Å²) in [7, 11) is 0. The summed E-state index contributed by atoms with van der Waals surface area (Å²) in [6.45, 7) is 4.05. The van der Waals surface area contributed by atoms with E-state index < -0.39 is 12.1 Å². The van der Waals surface area contributed by atoms with Gasteiger partial charge < -0.3 is 15.4 Å². The van der Waals surface area contributed by atoms with Crippen LogP contribution in [0.25, 0.3) is 0 Å². The van der Waals surface area contributed by atoms with Crippen molar-refractivity contribution in [3.63, 3.8) is 0 Å². The predicted octanol–water partition coefficient (Wildman–Crippen LogP) is 3.78. The maximum atomic E-state index is 12.6. The van der Waals surface area contributed by atoms with Gasteiger partial charge in [0, 0.05) is 6.04 Å². The van der Waals surface area contributed by atoms with Crippen molar-refractivity contribution in [1.29, 1.82) is 0 Å². The van der Waals surface area contributed by atoms with Crippen LogP contribution in [-0.2, 0) is 16.1 Å². The Morgan fingerprint density at radius 2 is 1.72 bits per heavy atom. The van der Waals surface area contributed by atoms with Gasteiger partial charge in [-0.25, -0.2) is 4.79 Å². The first kappa shape index (κ1) is 19.3. The average molecular weight is 346 g/mol. The van der Waals surface area contributed by atoms with Crippen LogP contribution in [0.3, 0.4) is 0 Å². The standard InChI is InChI=1S/C20H30N2O3/c1-15(2)18(19(23)21-17-12-8-3-4-9-13-17)22-20(24)25-14-16-10-6-5-7-11-16/h5-7,10-11,15,17-18H,3-4,8-9,12-14H2,1-2H3,(H,21,23)(H,22,24)/t18-/m1/s1. The molecule has 5 heteroatoms. The third-order valence-electron chi connectivity index (χ3n) is 4.64. The van der Waals surface area contributed by atoms with Gasteiger partial charge >= 0.3 is 6.09 Å². The van der Waals surface area contributed by atoms with E-state index in [1.807, 2.05) is 44.2 Å². The van der Waals surface area contributed by atoms with E-state index in [9.17, 15) is 9.59 Å². The molecular weight excluding hydrogens is 316 g/mol. The van der Waals surface area contributed by atoms with E-state index in [0.29, 0.717) is 0 Å². The molecule has 2 amide bonds. The Balaban J connectivity index is 1.83. The third kappa shape index (κ3) is 6.77. The largest absolute Gasteiger partial charge is 0.445 e. The van der Waals surface area contributed by atoms with Gasteiger partial charge in [-0.1, -0.05) is 69.9 Å². The highest BCUT2D eigenvalue weighted by Crippen LogP contribution is 2.17. The SMILES string of the molecule is CC(C)[C@@H](NC(=O)OCc1ccccc1)C(=O)NC1CCCCCC1. The molecule has 5 nitrogen and oxygen atoms in total. The molecule has 1 aromatic rings. The Hall–Kier alpha value is -2.04. The minimum absolute atomic E-state index is 0.00458.